The monoisotopic (exact) mass is 315 g/mol. The fourth-order valence-electron chi connectivity index (χ4n) is 1.89. The van der Waals surface area contributed by atoms with Crippen LogP contribution >= 0.6 is 0 Å². The molecule has 0 aromatic carbocycles. The number of aliphatic hydroxyl groups is 1. The van der Waals surface area contributed by atoms with Crippen molar-refractivity contribution in [3.05, 3.63) is 0 Å². The summed E-state index contributed by atoms with van der Waals surface area (Å²) < 4.78 is 5.65. The number of ether oxygens (including phenoxy) is 1. The molecule has 0 atom stereocenters. The van der Waals surface area contributed by atoms with Crippen LogP contribution < -0.4 is 0 Å². The van der Waals surface area contributed by atoms with E-state index in [9.17, 15) is 14.4 Å². The molecule has 7 nitrogen and oxygen atoms in total. The van der Waals surface area contributed by atoms with Crippen LogP contribution in [-0.4, -0.2) is 46.8 Å². The first-order chi connectivity index (χ1) is 10.1. The summed E-state index contributed by atoms with van der Waals surface area (Å²) in [5.41, 5.74) is -1.37. The van der Waals surface area contributed by atoms with Crippen molar-refractivity contribution < 1.29 is 29.1 Å². The van der Waals surface area contributed by atoms with Crippen LogP contribution in [0, 0.1) is 5.41 Å². The van der Waals surface area contributed by atoms with Crippen molar-refractivity contribution in [3.63, 3.8) is 0 Å². The van der Waals surface area contributed by atoms with Crippen molar-refractivity contribution in [2.75, 3.05) is 13.2 Å². The number of nitrogens with zero attached hydrogens (tertiary/aromatic N) is 1. The Labute approximate surface area is 130 Å². The first-order valence-electron chi connectivity index (χ1n) is 7.42. The standard InChI is InChI=1S/C15H25NO6/c1-14(2,8-10-21-15(3,4)7-9-17)13(20)22-16-11(18)5-6-12(16)19/h17H,5-10H2,1-4H3. The zero-order valence-corrected chi connectivity index (χ0v) is 13.7. The SMILES string of the molecule is CC(C)(CCO)OCCC(C)(C)C(=O)ON1C(=O)CCC1=O. The van der Waals surface area contributed by atoms with E-state index in [1.54, 1.807) is 13.8 Å². The van der Waals surface area contributed by atoms with Crippen LogP contribution in [0.1, 0.15) is 53.4 Å². The smallest absolute Gasteiger partial charge is 0.338 e. The lowest BCUT2D eigenvalue weighted by Crippen LogP contribution is -2.38. The summed E-state index contributed by atoms with van der Waals surface area (Å²) in [5.74, 6) is -1.62. The number of aliphatic hydroxyl groups excluding tert-OH is 1. The van der Waals surface area contributed by atoms with Gasteiger partial charge in [-0.2, -0.15) is 0 Å². The van der Waals surface area contributed by atoms with Crippen molar-refractivity contribution in [3.8, 4) is 0 Å². The van der Waals surface area contributed by atoms with Crippen LogP contribution in [0.25, 0.3) is 0 Å². The van der Waals surface area contributed by atoms with Crippen LogP contribution in [0.2, 0.25) is 0 Å². The van der Waals surface area contributed by atoms with Gasteiger partial charge in [-0.05, 0) is 40.5 Å². The maximum Gasteiger partial charge on any atom is 0.338 e. The molecule has 0 aromatic heterocycles. The van der Waals surface area contributed by atoms with Crippen LogP contribution in [-0.2, 0) is 24.0 Å². The number of hydroxylamine groups is 2. The molecule has 0 bridgehead atoms. The molecule has 22 heavy (non-hydrogen) atoms. The molecule has 0 spiro atoms. The largest absolute Gasteiger partial charge is 0.396 e. The van der Waals surface area contributed by atoms with E-state index in [1.807, 2.05) is 13.8 Å². The van der Waals surface area contributed by atoms with Gasteiger partial charge < -0.3 is 14.7 Å². The summed E-state index contributed by atoms with van der Waals surface area (Å²) in [7, 11) is 0. The maximum atomic E-state index is 12.1. The first-order valence-corrected chi connectivity index (χ1v) is 7.42. The van der Waals surface area contributed by atoms with E-state index in [0.717, 1.165) is 0 Å². The van der Waals surface area contributed by atoms with Gasteiger partial charge in [0.1, 0.15) is 0 Å². The minimum absolute atomic E-state index is 0.0254. The molecule has 2 amide bonds. The molecule has 0 aromatic rings. The summed E-state index contributed by atoms with van der Waals surface area (Å²) in [5, 5.41) is 9.49. The topological polar surface area (TPSA) is 93.1 Å². The third-order valence-electron chi connectivity index (χ3n) is 3.67. The van der Waals surface area contributed by atoms with Gasteiger partial charge in [0, 0.05) is 26.1 Å². The number of carbonyl (C=O) groups is 3. The van der Waals surface area contributed by atoms with Crippen molar-refractivity contribution in [2.24, 2.45) is 5.41 Å². The molecule has 7 heteroatoms. The molecule has 1 heterocycles. The van der Waals surface area contributed by atoms with Gasteiger partial charge in [-0.25, -0.2) is 4.79 Å². The van der Waals surface area contributed by atoms with E-state index in [4.69, 9.17) is 14.7 Å². The predicted molar refractivity (Wildman–Crippen MR) is 77.3 cm³/mol. The highest BCUT2D eigenvalue weighted by molar-refractivity contribution is 6.01. The van der Waals surface area contributed by atoms with Gasteiger partial charge in [0.2, 0.25) is 0 Å². The average Bonchev–Trinajstić information content (AvgIpc) is 2.69. The normalized spacial score (nSPS) is 16.3. The lowest BCUT2D eigenvalue weighted by atomic mass is 9.90. The number of hydrogen-bond acceptors (Lipinski definition) is 6. The summed E-state index contributed by atoms with van der Waals surface area (Å²) in [6.07, 6.45) is 1.02. The van der Waals surface area contributed by atoms with Crippen LogP contribution in [0.5, 0.6) is 0 Å². The Kier molecular flexibility index (Phi) is 6.08. The second kappa shape index (κ2) is 7.19. The number of carbonyl (C=O) groups excluding carboxylic acids is 3. The van der Waals surface area contributed by atoms with E-state index >= 15 is 0 Å². The van der Waals surface area contributed by atoms with Gasteiger partial charge in [0.25, 0.3) is 11.8 Å². The van der Waals surface area contributed by atoms with Gasteiger partial charge in [-0.1, -0.05) is 0 Å². The number of amides is 2. The van der Waals surface area contributed by atoms with Crippen LogP contribution in [0.15, 0.2) is 0 Å². The molecule has 0 aliphatic carbocycles. The molecule has 0 radical (unpaired) electrons. The Bertz CT molecular complexity index is 427. The molecule has 0 saturated carbocycles. The van der Waals surface area contributed by atoms with Crippen molar-refractivity contribution >= 4 is 17.8 Å². The molecular weight excluding hydrogens is 290 g/mol. The van der Waals surface area contributed by atoms with Gasteiger partial charge in [-0.3, -0.25) is 9.59 Å². The number of imide groups is 1. The lowest BCUT2D eigenvalue weighted by molar-refractivity contribution is -0.205. The van der Waals surface area contributed by atoms with Gasteiger partial charge in [0.15, 0.2) is 0 Å². The molecule has 1 rings (SSSR count). The number of rotatable bonds is 8. The van der Waals surface area contributed by atoms with Gasteiger partial charge in [-0.15, -0.1) is 5.06 Å². The van der Waals surface area contributed by atoms with E-state index in [2.05, 4.69) is 0 Å². The highest BCUT2D eigenvalue weighted by Gasteiger charge is 2.38. The Morgan fingerprint density at radius 1 is 1.14 bits per heavy atom. The highest BCUT2D eigenvalue weighted by atomic mass is 16.7. The van der Waals surface area contributed by atoms with Gasteiger partial charge >= 0.3 is 5.97 Å². The molecule has 1 aliphatic rings. The molecule has 1 aliphatic heterocycles. The van der Waals surface area contributed by atoms with E-state index < -0.39 is 28.8 Å². The van der Waals surface area contributed by atoms with Gasteiger partial charge in [0.05, 0.1) is 11.0 Å². The van der Waals surface area contributed by atoms with E-state index in [-0.39, 0.29) is 19.4 Å². The Morgan fingerprint density at radius 3 is 2.18 bits per heavy atom. The summed E-state index contributed by atoms with van der Waals surface area (Å²) >= 11 is 0. The first kappa shape index (κ1) is 18.6. The van der Waals surface area contributed by atoms with E-state index in [0.29, 0.717) is 24.5 Å². The summed E-state index contributed by atoms with van der Waals surface area (Å²) in [6.45, 7) is 7.38. The second-order valence-electron chi connectivity index (χ2n) is 6.68. The van der Waals surface area contributed by atoms with Crippen LogP contribution in [0.4, 0.5) is 0 Å². The summed E-state index contributed by atoms with van der Waals surface area (Å²) in [4.78, 5) is 39.9. The third kappa shape index (κ3) is 5.06. The molecule has 1 fully saturated rings. The third-order valence-corrected chi connectivity index (χ3v) is 3.67. The highest BCUT2D eigenvalue weighted by Crippen LogP contribution is 2.26. The second-order valence-corrected chi connectivity index (χ2v) is 6.68. The lowest BCUT2D eigenvalue weighted by Gasteiger charge is -2.28. The molecular formula is C15H25NO6. The average molecular weight is 315 g/mol. The Balaban J connectivity index is 2.49. The van der Waals surface area contributed by atoms with Crippen LogP contribution in [0.3, 0.4) is 0 Å². The fourth-order valence-corrected chi connectivity index (χ4v) is 1.89. The minimum Gasteiger partial charge on any atom is -0.396 e. The fraction of sp³-hybridized carbons (Fsp3) is 0.800. The van der Waals surface area contributed by atoms with Crippen molar-refractivity contribution in [1.82, 2.24) is 5.06 Å². The van der Waals surface area contributed by atoms with Crippen molar-refractivity contribution in [2.45, 2.75) is 59.0 Å². The summed E-state index contributed by atoms with van der Waals surface area (Å²) in [6, 6.07) is 0. The molecule has 1 saturated heterocycles. The number of hydrogen-bond donors (Lipinski definition) is 1. The zero-order chi connectivity index (χ0) is 17.0. The maximum absolute atomic E-state index is 12.1. The predicted octanol–water partition coefficient (Wildman–Crippen LogP) is 1.19. The zero-order valence-electron chi connectivity index (χ0n) is 13.7. The molecule has 1 N–H and O–H groups in total. The Morgan fingerprint density at radius 2 is 1.68 bits per heavy atom. The quantitative estimate of drug-likeness (QED) is 0.676. The Hall–Kier alpha value is -1.47. The molecule has 0 unspecified atom stereocenters. The van der Waals surface area contributed by atoms with E-state index in [1.165, 1.54) is 0 Å². The van der Waals surface area contributed by atoms with Crippen molar-refractivity contribution in [1.29, 1.82) is 0 Å². The molecule has 126 valence electrons. The minimum atomic E-state index is -0.890.